The molecule has 0 bridgehead atoms. The zero-order valence-electron chi connectivity index (χ0n) is 15.6. The Bertz CT molecular complexity index is 735. The highest BCUT2D eigenvalue weighted by atomic mass is 16.6. The number of nitrogens with one attached hydrogen (secondary N) is 1. The van der Waals surface area contributed by atoms with Crippen molar-refractivity contribution in [2.24, 2.45) is 0 Å². The summed E-state index contributed by atoms with van der Waals surface area (Å²) in [5, 5.41) is 11.6. The normalized spacial score (nSPS) is 14.2. The van der Waals surface area contributed by atoms with E-state index in [0.717, 1.165) is 0 Å². The van der Waals surface area contributed by atoms with Crippen molar-refractivity contribution in [3.8, 4) is 6.07 Å². The van der Waals surface area contributed by atoms with E-state index >= 15 is 0 Å². The second-order valence-electron chi connectivity index (χ2n) is 6.30. The Labute approximate surface area is 158 Å². The van der Waals surface area contributed by atoms with E-state index in [1.807, 2.05) is 6.07 Å². The minimum absolute atomic E-state index is 0.0732. The lowest BCUT2D eigenvalue weighted by Crippen LogP contribution is -2.50. The fraction of sp³-hybridized carbons (Fsp3) is 0.474. The van der Waals surface area contributed by atoms with Gasteiger partial charge in [-0.1, -0.05) is 6.07 Å². The lowest BCUT2D eigenvalue weighted by Gasteiger charge is -2.37. The molecule has 1 heterocycles. The Morgan fingerprint density at radius 2 is 2.04 bits per heavy atom. The second kappa shape index (κ2) is 9.57. The minimum atomic E-state index is -0.347. The van der Waals surface area contributed by atoms with Gasteiger partial charge in [0.05, 0.1) is 18.2 Å². The van der Waals surface area contributed by atoms with E-state index < -0.39 is 0 Å². The molecule has 27 heavy (non-hydrogen) atoms. The van der Waals surface area contributed by atoms with Crippen LogP contribution in [0, 0.1) is 11.3 Å². The molecule has 0 spiro atoms. The molecule has 3 amide bonds. The Morgan fingerprint density at radius 3 is 2.63 bits per heavy atom. The topological polar surface area (TPSA) is 103 Å². The zero-order chi connectivity index (χ0) is 19.8. The van der Waals surface area contributed by atoms with Gasteiger partial charge in [0.25, 0.3) is 0 Å². The molecule has 1 aromatic rings. The molecule has 0 radical (unpaired) electrons. The number of rotatable bonds is 5. The lowest BCUT2D eigenvalue weighted by atomic mass is 10.0. The van der Waals surface area contributed by atoms with Crippen LogP contribution in [0.5, 0.6) is 0 Å². The number of nitriles is 1. The summed E-state index contributed by atoms with van der Waals surface area (Å²) < 4.78 is 4.99. The standard InChI is InChI=1S/C19H24N4O4/c1-3-27-19(26)22-9-7-17(8-10-22)23(14(2)24)13-18(25)21-16-6-4-5-15(11-16)12-20/h4-6,11,17H,3,7-10,13H2,1-2H3,(H,21,25). The van der Waals surface area contributed by atoms with Gasteiger partial charge in [0.15, 0.2) is 0 Å². The van der Waals surface area contributed by atoms with Crippen molar-refractivity contribution in [1.29, 1.82) is 5.26 Å². The Hall–Kier alpha value is -3.08. The number of likely N-dealkylation sites (tertiary alicyclic amines) is 1. The fourth-order valence-electron chi connectivity index (χ4n) is 3.09. The van der Waals surface area contributed by atoms with Gasteiger partial charge >= 0.3 is 6.09 Å². The molecule has 0 saturated carbocycles. The van der Waals surface area contributed by atoms with Crippen LogP contribution in [0.25, 0.3) is 0 Å². The molecule has 0 aliphatic carbocycles. The molecule has 1 saturated heterocycles. The van der Waals surface area contributed by atoms with E-state index in [1.54, 1.807) is 36.1 Å². The fourth-order valence-corrected chi connectivity index (χ4v) is 3.09. The monoisotopic (exact) mass is 372 g/mol. The smallest absolute Gasteiger partial charge is 0.409 e. The van der Waals surface area contributed by atoms with Crippen LogP contribution in [0.1, 0.15) is 32.3 Å². The minimum Gasteiger partial charge on any atom is -0.450 e. The van der Waals surface area contributed by atoms with Crippen LogP contribution in [0.4, 0.5) is 10.5 Å². The maximum absolute atomic E-state index is 12.4. The molecule has 1 aromatic carbocycles. The van der Waals surface area contributed by atoms with Crippen LogP contribution in [0.3, 0.4) is 0 Å². The third-order valence-corrected chi connectivity index (χ3v) is 4.43. The van der Waals surface area contributed by atoms with Gasteiger partial charge in [0.1, 0.15) is 6.54 Å². The summed E-state index contributed by atoms with van der Waals surface area (Å²) in [5.41, 5.74) is 0.960. The van der Waals surface area contributed by atoms with Gasteiger partial charge in [-0.15, -0.1) is 0 Å². The van der Waals surface area contributed by atoms with Crippen molar-refractivity contribution in [3.05, 3.63) is 29.8 Å². The first kappa shape index (κ1) is 20.2. The molecule has 0 aromatic heterocycles. The van der Waals surface area contributed by atoms with Gasteiger partial charge in [0, 0.05) is 31.7 Å². The summed E-state index contributed by atoms with van der Waals surface area (Å²) in [6.07, 6.45) is 0.839. The highest BCUT2D eigenvalue weighted by Gasteiger charge is 2.29. The highest BCUT2D eigenvalue weighted by molar-refractivity contribution is 5.94. The summed E-state index contributed by atoms with van der Waals surface area (Å²) in [6.45, 7) is 4.41. The maximum atomic E-state index is 12.4. The van der Waals surface area contributed by atoms with E-state index in [-0.39, 0.29) is 30.5 Å². The molecule has 1 N–H and O–H groups in total. The lowest BCUT2D eigenvalue weighted by molar-refractivity contribution is -0.136. The number of piperidine rings is 1. The van der Waals surface area contributed by atoms with Crippen LogP contribution in [0.2, 0.25) is 0 Å². The number of carbonyl (C=O) groups is 3. The van der Waals surface area contributed by atoms with Crippen LogP contribution in [-0.4, -0.2) is 60.0 Å². The van der Waals surface area contributed by atoms with Crippen molar-refractivity contribution in [2.45, 2.75) is 32.7 Å². The molecule has 1 fully saturated rings. The Balaban J connectivity index is 1.93. The Morgan fingerprint density at radius 1 is 1.33 bits per heavy atom. The van der Waals surface area contributed by atoms with E-state index in [1.165, 1.54) is 11.8 Å². The first-order valence-corrected chi connectivity index (χ1v) is 8.93. The molecule has 0 atom stereocenters. The molecule has 1 aliphatic heterocycles. The van der Waals surface area contributed by atoms with Crippen LogP contribution >= 0.6 is 0 Å². The predicted octanol–water partition coefficient (Wildman–Crippen LogP) is 1.97. The number of anilines is 1. The first-order chi connectivity index (χ1) is 12.9. The summed E-state index contributed by atoms with van der Waals surface area (Å²) in [4.78, 5) is 39.3. The molecule has 2 rings (SSSR count). The summed E-state index contributed by atoms with van der Waals surface area (Å²) >= 11 is 0. The number of benzene rings is 1. The number of ether oxygens (including phenoxy) is 1. The van der Waals surface area contributed by atoms with Crippen LogP contribution < -0.4 is 5.32 Å². The van der Waals surface area contributed by atoms with Gasteiger partial charge in [-0.25, -0.2) is 4.79 Å². The Kier molecular flexibility index (Phi) is 7.17. The van der Waals surface area contributed by atoms with E-state index in [9.17, 15) is 14.4 Å². The van der Waals surface area contributed by atoms with Crippen LogP contribution in [0.15, 0.2) is 24.3 Å². The van der Waals surface area contributed by atoms with Gasteiger partial charge in [-0.2, -0.15) is 5.26 Å². The van der Waals surface area contributed by atoms with Crippen LogP contribution in [-0.2, 0) is 14.3 Å². The number of nitrogens with zero attached hydrogens (tertiary/aromatic N) is 3. The predicted molar refractivity (Wildman–Crippen MR) is 98.8 cm³/mol. The summed E-state index contributed by atoms with van der Waals surface area (Å²) in [5.74, 6) is -0.515. The van der Waals surface area contributed by atoms with Crippen molar-refractivity contribution in [1.82, 2.24) is 9.80 Å². The van der Waals surface area contributed by atoms with Crippen molar-refractivity contribution in [3.63, 3.8) is 0 Å². The largest absolute Gasteiger partial charge is 0.450 e. The highest BCUT2D eigenvalue weighted by Crippen LogP contribution is 2.18. The molecule has 144 valence electrons. The second-order valence-corrected chi connectivity index (χ2v) is 6.30. The molecule has 8 nitrogen and oxygen atoms in total. The average Bonchev–Trinajstić information content (AvgIpc) is 2.66. The molecular formula is C19H24N4O4. The van der Waals surface area contributed by atoms with Gasteiger partial charge in [-0.05, 0) is 38.0 Å². The third-order valence-electron chi connectivity index (χ3n) is 4.43. The summed E-state index contributed by atoms with van der Waals surface area (Å²) in [7, 11) is 0. The van der Waals surface area contributed by atoms with Gasteiger partial charge in [0.2, 0.25) is 11.8 Å². The van der Waals surface area contributed by atoms with E-state index in [2.05, 4.69) is 5.32 Å². The number of amides is 3. The number of carbonyl (C=O) groups excluding carboxylic acids is 3. The van der Waals surface area contributed by atoms with Gasteiger partial charge in [-0.3, -0.25) is 9.59 Å². The third kappa shape index (κ3) is 5.71. The number of hydrogen-bond donors (Lipinski definition) is 1. The van der Waals surface area contributed by atoms with Gasteiger partial charge < -0.3 is 19.9 Å². The average molecular weight is 372 g/mol. The zero-order valence-corrected chi connectivity index (χ0v) is 15.6. The van der Waals surface area contributed by atoms with Crippen molar-refractivity contribution < 1.29 is 19.1 Å². The van der Waals surface area contributed by atoms with Crippen molar-refractivity contribution in [2.75, 3.05) is 31.6 Å². The van der Waals surface area contributed by atoms with E-state index in [4.69, 9.17) is 10.00 Å². The maximum Gasteiger partial charge on any atom is 0.409 e. The number of hydrogen-bond acceptors (Lipinski definition) is 5. The quantitative estimate of drug-likeness (QED) is 0.851. The SMILES string of the molecule is CCOC(=O)N1CCC(N(CC(=O)Nc2cccc(C#N)c2)C(C)=O)CC1. The van der Waals surface area contributed by atoms with E-state index in [0.29, 0.717) is 43.8 Å². The summed E-state index contributed by atoms with van der Waals surface area (Å²) in [6, 6.07) is 8.50. The first-order valence-electron chi connectivity index (χ1n) is 8.93. The molecule has 0 unspecified atom stereocenters. The molecule has 1 aliphatic rings. The molecular weight excluding hydrogens is 348 g/mol. The van der Waals surface area contributed by atoms with Crippen molar-refractivity contribution >= 4 is 23.6 Å². The molecule has 8 heteroatoms.